The summed E-state index contributed by atoms with van der Waals surface area (Å²) in [6.45, 7) is 4.25. The minimum Gasteiger partial charge on any atom is -0.383 e. The number of nitriles is 1. The largest absolute Gasteiger partial charge is 0.383 e. The molecular weight excluding hydrogens is 248 g/mol. The van der Waals surface area contributed by atoms with Crippen molar-refractivity contribution in [3.05, 3.63) is 35.7 Å². The Morgan fingerprint density at radius 2 is 2.05 bits per heavy atom. The van der Waals surface area contributed by atoms with E-state index in [1.165, 1.54) is 12.8 Å². The molecule has 0 unspecified atom stereocenters. The maximum absolute atomic E-state index is 9.25. The molecule has 0 spiro atoms. The summed E-state index contributed by atoms with van der Waals surface area (Å²) in [6, 6.07) is 10.2. The van der Waals surface area contributed by atoms with Crippen molar-refractivity contribution in [2.24, 2.45) is 0 Å². The molecule has 0 amide bonds. The molecule has 0 radical (unpaired) electrons. The predicted octanol–water partition coefficient (Wildman–Crippen LogP) is 3.46. The third-order valence-electron chi connectivity index (χ3n) is 3.71. The van der Waals surface area contributed by atoms with Gasteiger partial charge in [-0.15, -0.1) is 0 Å². The fourth-order valence-electron chi connectivity index (χ4n) is 2.57. The van der Waals surface area contributed by atoms with Crippen LogP contribution in [0.1, 0.15) is 50.0 Å². The van der Waals surface area contributed by atoms with E-state index >= 15 is 0 Å². The van der Waals surface area contributed by atoms with Crippen LogP contribution in [0.4, 0.5) is 5.82 Å². The molecule has 102 valence electrons. The first-order valence-electron chi connectivity index (χ1n) is 7.00. The van der Waals surface area contributed by atoms with Gasteiger partial charge in [0.2, 0.25) is 0 Å². The van der Waals surface area contributed by atoms with Gasteiger partial charge < -0.3 is 10.3 Å². The van der Waals surface area contributed by atoms with Gasteiger partial charge in [0.05, 0.1) is 11.6 Å². The molecule has 1 fully saturated rings. The third kappa shape index (κ3) is 1.96. The predicted molar refractivity (Wildman–Crippen MR) is 79.2 cm³/mol. The monoisotopic (exact) mass is 266 g/mol. The van der Waals surface area contributed by atoms with Gasteiger partial charge in [0, 0.05) is 17.5 Å². The molecular formula is C16H18N4. The summed E-state index contributed by atoms with van der Waals surface area (Å²) in [6.07, 6.45) is 2.33. The quantitative estimate of drug-likeness (QED) is 0.925. The van der Waals surface area contributed by atoms with Gasteiger partial charge in [-0.1, -0.05) is 32.0 Å². The standard InChI is InChI=1S/C16H18N4/c1-10(2)16-19-14(15(18)20(16)12-7-8-12)13-6-4-3-5-11(13)9-17/h3-6,10,12H,7-8,18H2,1-2H3. The summed E-state index contributed by atoms with van der Waals surface area (Å²) < 4.78 is 2.16. The number of nitrogen functional groups attached to an aromatic ring is 1. The van der Waals surface area contributed by atoms with E-state index in [0.717, 1.165) is 17.1 Å². The lowest BCUT2D eigenvalue weighted by Crippen LogP contribution is -2.06. The van der Waals surface area contributed by atoms with Crippen molar-refractivity contribution >= 4 is 5.82 Å². The van der Waals surface area contributed by atoms with Crippen molar-refractivity contribution in [1.82, 2.24) is 9.55 Å². The third-order valence-corrected chi connectivity index (χ3v) is 3.71. The minimum atomic E-state index is 0.320. The first kappa shape index (κ1) is 12.7. The highest BCUT2D eigenvalue weighted by Crippen LogP contribution is 2.42. The van der Waals surface area contributed by atoms with Crippen LogP contribution in [0, 0.1) is 11.3 Å². The van der Waals surface area contributed by atoms with Crippen LogP contribution in [0.5, 0.6) is 0 Å². The number of benzene rings is 1. The Kier molecular flexibility index (Phi) is 2.98. The maximum Gasteiger partial charge on any atom is 0.132 e. The Hall–Kier alpha value is -2.28. The summed E-state index contributed by atoms with van der Waals surface area (Å²) in [7, 11) is 0. The van der Waals surface area contributed by atoms with E-state index < -0.39 is 0 Å². The molecule has 1 aromatic carbocycles. The average Bonchev–Trinajstić information content (AvgIpc) is 3.22. The van der Waals surface area contributed by atoms with E-state index in [2.05, 4.69) is 24.5 Å². The second-order valence-corrected chi connectivity index (χ2v) is 5.62. The van der Waals surface area contributed by atoms with Gasteiger partial charge in [0.15, 0.2) is 0 Å². The maximum atomic E-state index is 9.25. The molecule has 0 saturated heterocycles. The van der Waals surface area contributed by atoms with Gasteiger partial charge in [-0.2, -0.15) is 5.26 Å². The van der Waals surface area contributed by atoms with E-state index in [-0.39, 0.29) is 0 Å². The Morgan fingerprint density at radius 3 is 2.65 bits per heavy atom. The molecule has 4 nitrogen and oxygen atoms in total. The lowest BCUT2D eigenvalue weighted by atomic mass is 10.1. The van der Waals surface area contributed by atoms with Crippen molar-refractivity contribution in [3.63, 3.8) is 0 Å². The number of nitrogens with two attached hydrogens (primary N) is 1. The van der Waals surface area contributed by atoms with E-state index in [9.17, 15) is 5.26 Å². The highest BCUT2D eigenvalue weighted by molar-refractivity contribution is 5.76. The molecule has 2 aromatic rings. The summed E-state index contributed by atoms with van der Waals surface area (Å²) >= 11 is 0. The van der Waals surface area contributed by atoms with E-state index in [1.807, 2.05) is 18.2 Å². The molecule has 0 aliphatic heterocycles. The SMILES string of the molecule is CC(C)c1nc(-c2ccccc2C#N)c(N)n1C1CC1. The number of rotatable bonds is 3. The van der Waals surface area contributed by atoms with Crippen LogP contribution < -0.4 is 5.73 Å². The smallest absolute Gasteiger partial charge is 0.132 e. The topological polar surface area (TPSA) is 67.6 Å². The Bertz CT molecular complexity index is 687. The fourth-order valence-corrected chi connectivity index (χ4v) is 2.57. The molecule has 20 heavy (non-hydrogen) atoms. The van der Waals surface area contributed by atoms with Gasteiger partial charge in [0.25, 0.3) is 0 Å². The van der Waals surface area contributed by atoms with Crippen LogP contribution >= 0.6 is 0 Å². The summed E-state index contributed by atoms with van der Waals surface area (Å²) in [5, 5.41) is 9.25. The zero-order valence-corrected chi connectivity index (χ0v) is 11.8. The van der Waals surface area contributed by atoms with Crippen LogP contribution in [-0.4, -0.2) is 9.55 Å². The van der Waals surface area contributed by atoms with Crippen molar-refractivity contribution in [2.45, 2.75) is 38.6 Å². The summed E-state index contributed by atoms with van der Waals surface area (Å²) in [5.74, 6) is 2.03. The first-order chi connectivity index (χ1) is 9.63. The zero-order valence-electron chi connectivity index (χ0n) is 11.8. The number of hydrogen-bond acceptors (Lipinski definition) is 3. The molecule has 0 atom stereocenters. The van der Waals surface area contributed by atoms with Crippen LogP contribution in [0.2, 0.25) is 0 Å². The van der Waals surface area contributed by atoms with Crippen molar-refractivity contribution in [1.29, 1.82) is 5.26 Å². The number of anilines is 1. The molecule has 1 aliphatic rings. The number of hydrogen-bond donors (Lipinski definition) is 1. The second-order valence-electron chi connectivity index (χ2n) is 5.62. The number of aromatic nitrogens is 2. The van der Waals surface area contributed by atoms with Gasteiger partial charge in [-0.25, -0.2) is 4.98 Å². The Morgan fingerprint density at radius 1 is 1.35 bits per heavy atom. The van der Waals surface area contributed by atoms with Crippen molar-refractivity contribution in [2.75, 3.05) is 5.73 Å². The van der Waals surface area contributed by atoms with Crippen LogP contribution in [0.25, 0.3) is 11.3 Å². The first-order valence-corrected chi connectivity index (χ1v) is 7.00. The summed E-state index contributed by atoms with van der Waals surface area (Å²) in [5.41, 5.74) is 8.53. The average molecular weight is 266 g/mol. The molecule has 0 bridgehead atoms. The zero-order chi connectivity index (χ0) is 14.3. The van der Waals surface area contributed by atoms with Crippen LogP contribution in [-0.2, 0) is 0 Å². The molecule has 1 saturated carbocycles. The van der Waals surface area contributed by atoms with E-state index in [0.29, 0.717) is 23.3 Å². The number of nitrogens with zero attached hydrogens (tertiary/aromatic N) is 3. The number of imidazole rings is 1. The van der Waals surface area contributed by atoms with Gasteiger partial charge >= 0.3 is 0 Å². The molecule has 1 heterocycles. The van der Waals surface area contributed by atoms with Crippen LogP contribution in [0.15, 0.2) is 24.3 Å². The fraction of sp³-hybridized carbons (Fsp3) is 0.375. The molecule has 4 heteroatoms. The molecule has 1 aromatic heterocycles. The van der Waals surface area contributed by atoms with E-state index in [4.69, 9.17) is 10.7 Å². The normalized spacial score (nSPS) is 14.5. The Balaban J connectivity index is 2.20. The van der Waals surface area contributed by atoms with E-state index in [1.54, 1.807) is 6.07 Å². The molecule has 1 aliphatic carbocycles. The van der Waals surface area contributed by atoms with Gasteiger partial charge in [0.1, 0.15) is 17.3 Å². The van der Waals surface area contributed by atoms with Gasteiger partial charge in [-0.05, 0) is 18.9 Å². The highest BCUT2D eigenvalue weighted by atomic mass is 15.2. The Labute approximate surface area is 118 Å². The lowest BCUT2D eigenvalue weighted by Gasteiger charge is -2.10. The van der Waals surface area contributed by atoms with Crippen molar-refractivity contribution < 1.29 is 0 Å². The molecule has 2 N–H and O–H groups in total. The highest BCUT2D eigenvalue weighted by Gasteiger charge is 2.31. The lowest BCUT2D eigenvalue weighted by molar-refractivity contribution is 0.646. The summed E-state index contributed by atoms with van der Waals surface area (Å²) in [4.78, 5) is 4.74. The second kappa shape index (κ2) is 4.68. The van der Waals surface area contributed by atoms with Crippen LogP contribution in [0.3, 0.4) is 0 Å². The molecule has 3 rings (SSSR count). The van der Waals surface area contributed by atoms with Gasteiger partial charge in [-0.3, -0.25) is 0 Å². The van der Waals surface area contributed by atoms with Crippen molar-refractivity contribution in [3.8, 4) is 17.3 Å². The minimum absolute atomic E-state index is 0.320.